The van der Waals surface area contributed by atoms with Crippen LogP contribution in [0.3, 0.4) is 0 Å². The standard InChI is InChI=1S/C24H32N4O/c29-24(15-19-5-1-2-6-19)27-22-8-3-9-23(16-22)28-13-10-21(11-14-28)26-18-20-7-4-12-25-17-20/h3-4,7-9,12,16-17,19,21,26H,1-2,5-6,10-11,13-15,18H2,(H,27,29). The molecular weight excluding hydrogens is 360 g/mol. The molecule has 1 aliphatic heterocycles. The normalized spacial score (nSPS) is 18.1. The number of carbonyl (C=O) groups is 1. The quantitative estimate of drug-likeness (QED) is 0.735. The highest BCUT2D eigenvalue weighted by Crippen LogP contribution is 2.28. The summed E-state index contributed by atoms with van der Waals surface area (Å²) in [5.74, 6) is 0.740. The molecule has 0 atom stereocenters. The third-order valence-corrected chi connectivity index (χ3v) is 6.26. The van der Waals surface area contributed by atoms with E-state index >= 15 is 0 Å². The number of hydrogen-bond donors (Lipinski definition) is 2. The summed E-state index contributed by atoms with van der Waals surface area (Å²) in [6.07, 6.45) is 11.6. The molecule has 1 aromatic heterocycles. The summed E-state index contributed by atoms with van der Waals surface area (Å²) in [7, 11) is 0. The number of piperidine rings is 1. The summed E-state index contributed by atoms with van der Waals surface area (Å²) in [4.78, 5) is 19.0. The highest BCUT2D eigenvalue weighted by Gasteiger charge is 2.20. The first-order chi connectivity index (χ1) is 14.3. The molecule has 0 bridgehead atoms. The van der Waals surface area contributed by atoms with Crippen molar-refractivity contribution in [2.24, 2.45) is 5.92 Å². The minimum atomic E-state index is 0.160. The van der Waals surface area contributed by atoms with Crippen LogP contribution < -0.4 is 15.5 Å². The molecule has 5 nitrogen and oxygen atoms in total. The molecule has 1 aliphatic carbocycles. The Balaban J connectivity index is 1.25. The lowest BCUT2D eigenvalue weighted by atomic mass is 10.0. The van der Waals surface area contributed by atoms with Crippen molar-refractivity contribution in [2.45, 2.75) is 57.5 Å². The van der Waals surface area contributed by atoms with E-state index in [0.29, 0.717) is 18.4 Å². The molecule has 2 heterocycles. The largest absolute Gasteiger partial charge is 0.371 e. The number of nitrogens with one attached hydrogen (secondary N) is 2. The van der Waals surface area contributed by atoms with Crippen LogP contribution in [0.15, 0.2) is 48.8 Å². The third-order valence-electron chi connectivity index (χ3n) is 6.26. The number of anilines is 2. The second-order valence-electron chi connectivity index (χ2n) is 8.46. The Hall–Kier alpha value is -2.40. The summed E-state index contributed by atoms with van der Waals surface area (Å²) in [5, 5.41) is 6.77. The van der Waals surface area contributed by atoms with E-state index in [1.165, 1.54) is 36.9 Å². The zero-order valence-electron chi connectivity index (χ0n) is 17.1. The van der Waals surface area contributed by atoms with Crippen molar-refractivity contribution in [3.05, 3.63) is 54.4 Å². The van der Waals surface area contributed by atoms with Crippen LogP contribution in [0.2, 0.25) is 0 Å². The number of pyridine rings is 1. The van der Waals surface area contributed by atoms with Crippen molar-refractivity contribution in [1.29, 1.82) is 0 Å². The number of benzene rings is 1. The number of amides is 1. The molecule has 5 heteroatoms. The average Bonchev–Trinajstić information content (AvgIpc) is 3.26. The first-order valence-electron chi connectivity index (χ1n) is 11.0. The van der Waals surface area contributed by atoms with Gasteiger partial charge < -0.3 is 15.5 Å². The van der Waals surface area contributed by atoms with Gasteiger partial charge in [0, 0.05) is 55.9 Å². The van der Waals surface area contributed by atoms with E-state index in [4.69, 9.17) is 0 Å². The summed E-state index contributed by atoms with van der Waals surface area (Å²) in [6.45, 7) is 2.94. The maximum absolute atomic E-state index is 12.4. The lowest BCUT2D eigenvalue weighted by molar-refractivity contribution is -0.117. The van der Waals surface area contributed by atoms with Gasteiger partial charge in [0.25, 0.3) is 0 Å². The SMILES string of the molecule is O=C(CC1CCCC1)Nc1cccc(N2CCC(NCc3cccnc3)CC2)c1. The molecule has 1 amide bonds. The highest BCUT2D eigenvalue weighted by atomic mass is 16.1. The number of rotatable bonds is 7. The number of aromatic nitrogens is 1. The predicted molar refractivity (Wildman–Crippen MR) is 118 cm³/mol. The molecule has 2 aromatic rings. The van der Waals surface area contributed by atoms with Gasteiger partial charge in [-0.05, 0) is 61.4 Å². The number of hydrogen-bond acceptors (Lipinski definition) is 4. The van der Waals surface area contributed by atoms with Gasteiger partial charge in [0.2, 0.25) is 5.91 Å². The van der Waals surface area contributed by atoms with Gasteiger partial charge in [-0.25, -0.2) is 0 Å². The van der Waals surface area contributed by atoms with Crippen molar-refractivity contribution in [3.63, 3.8) is 0 Å². The molecule has 2 N–H and O–H groups in total. The van der Waals surface area contributed by atoms with Gasteiger partial charge in [0.15, 0.2) is 0 Å². The molecule has 2 fully saturated rings. The molecule has 0 radical (unpaired) electrons. The van der Waals surface area contributed by atoms with Crippen LogP contribution in [-0.4, -0.2) is 30.0 Å². The topological polar surface area (TPSA) is 57.3 Å². The fourth-order valence-corrected chi connectivity index (χ4v) is 4.58. The third kappa shape index (κ3) is 5.80. The van der Waals surface area contributed by atoms with E-state index in [1.807, 2.05) is 30.6 Å². The van der Waals surface area contributed by atoms with E-state index in [0.717, 1.165) is 38.2 Å². The van der Waals surface area contributed by atoms with E-state index in [-0.39, 0.29) is 5.91 Å². The minimum Gasteiger partial charge on any atom is -0.371 e. The van der Waals surface area contributed by atoms with Crippen LogP contribution in [0.5, 0.6) is 0 Å². The summed E-state index contributed by atoms with van der Waals surface area (Å²) in [5.41, 5.74) is 3.35. The van der Waals surface area contributed by atoms with Crippen LogP contribution in [-0.2, 0) is 11.3 Å². The Bertz CT molecular complexity index is 780. The first-order valence-corrected chi connectivity index (χ1v) is 11.0. The van der Waals surface area contributed by atoms with Crippen molar-refractivity contribution >= 4 is 17.3 Å². The van der Waals surface area contributed by atoms with Crippen molar-refractivity contribution in [2.75, 3.05) is 23.3 Å². The Morgan fingerprint density at radius 3 is 2.66 bits per heavy atom. The summed E-state index contributed by atoms with van der Waals surface area (Å²) in [6, 6.07) is 13.0. The summed E-state index contributed by atoms with van der Waals surface area (Å²) >= 11 is 0. The fraction of sp³-hybridized carbons (Fsp3) is 0.500. The average molecular weight is 393 g/mol. The highest BCUT2D eigenvalue weighted by molar-refractivity contribution is 5.91. The van der Waals surface area contributed by atoms with Gasteiger partial charge in [-0.3, -0.25) is 9.78 Å². The Morgan fingerprint density at radius 2 is 1.90 bits per heavy atom. The van der Waals surface area contributed by atoms with E-state index < -0.39 is 0 Å². The Labute approximate surface area is 173 Å². The van der Waals surface area contributed by atoms with Crippen LogP contribution in [0.25, 0.3) is 0 Å². The molecule has 0 unspecified atom stereocenters. The monoisotopic (exact) mass is 392 g/mol. The predicted octanol–water partition coefficient (Wildman–Crippen LogP) is 4.36. The van der Waals surface area contributed by atoms with Crippen molar-refractivity contribution < 1.29 is 4.79 Å². The zero-order chi connectivity index (χ0) is 19.9. The fourth-order valence-electron chi connectivity index (χ4n) is 4.58. The molecule has 1 saturated carbocycles. The van der Waals surface area contributed by atoms with Gasteiger partial charge >= 0.3 is 0 Å². The van der Waals surface area contributed by atoms with E-state index in [1.54, 1.807) is 0 Å². The maximum atomic E-state index is 12.4. The molecule has 29 heavy (non-hydrogen) atoms. The molecule has 1 saturated heterocycles. The maximum Gasteiger partial charge on any atom is 0.224 e. The molecule has 2 aliphatic rings. The smallest absolute Gasteiger partial charge is 0.224 e. The number of nitrogens with zero attached hydrogens (tertiary/aromatic N) is 2. The lowest BCUT2D eigenvalue weighted by Gasteiger charge is -2.34. The summed E-state index contributed by atoms with van der Waals surface area (Å²) < 4.78 is 0. The molecule has 1 aromatic carbocycles. The van der Waals surface area contributed by atoms with Gasteiger partial charge in [0.1, 0.15) is 0 Å². The van der Waals surface area contributed by atoms with Gasteiger partial charge in [0.05, 0.1) is 0 Å². The Kier molecular flexibility index (Phi) is 6.78. The molecule has 154 valence electrons. The van der Waals surface area contributed by atoms with Crippen molar-refractivity contribution in [1.82, 2.24) is 10.3 Å². The lowest BCUT2D eigenvalue weighted by Crippen LogP contribution is -2.42. The Morgan fingerprint density at radius 1 is 1.07 bits per heavy atom. The van der Waals surface area contributed by atoms with Crippen LogP contribution in [0.1, 0.15) is 50.5 Å². The van der Waals surface area contributed by atoms with Gasteiger partial charge in [-0.15, -0.1) is 0 Å². The molecule has 4 rings (SSSR count). The van der Waals surface area contributed by atoms with Crippen LogP contribution in [0, 0.1) is 5.92 Å². The zero-order valence-corrected chi connectivity index (χ0v) is 17.1. The second-order valence-corrected chi connectivity index (χ2v) is 8.46. The molecular formula is C24H32N4O. The second kappa shape index (κ2) is 9.88. The number of carbonyl (C=O) groups excluding carboxylic acids is 1. The van der Waals surface area contributed by atoms with Crippen LogP contribution in [0.4, 0.5) is 11.4 Å². The van der Waals surface area contributed by atoms with Crippen LogP contribution >= 0.6 is 0 Å². The molecule has 0 spiro atoms. The first kappa shape index (κ1) is 19.9. The van der Waals surface area contributed by atoms with Crippen molar-refractivity contribution in [3.8, 4) is 0 Å². The van der Waals surface area contributed by atoms with Gasteiger partial charge in [-0.1, -0.05) is 25.0 Å². The van der Waals surface area contributed by atoms with Gasteiger partial charge in [-0.2, -0.15) is 0 Å². The minimum absolute atomic E-state index is 0.160. The van der Waals surface area contributed by atoms with E-state index in [9.17, 15) is 4.79 Å². The van der Waals surface area contributed by atoms with E-state index in [2.05, 4.69) is 38.7 Å².